The molecule has 2 rings (SSSR count). The Bertz CT molecular complexity index is 350. The Morgan fingerprint density at radius 1 is 1.65 bits per heavy atom. The second-order valence-electron chi connectivity index (χ2n) is 5.27. The second-order valence-corrected chi connectivity index (χ2v) is 5.27. The molecule has 17 heavy (non-hydrogen) atoms. The molecule has 0 saturated carbocycles. The first-order chi connectivity index (χ1) is 8.15. The van der Waals surface area contributed by atoms with E-state index >= 15 is 0 Å². The van der Waals surface area contributed by atoms with E-state index in [-0.39, 0.29) is 0 Å². The fourth-order valence-corrected chi connectivity index (χ4v) is 2.54. The number of nitrogens with one attached hydrogen (secondary N) is 1. The minimum Gasteiger partial charge on any atom is -0.360 e. The third-order valence-corrected chi connectivity index (χ3v) is 3.64. The highest BCUT2D eigenvalue weighted by Crippen LogP contribution is 2.18. The Labute approximate surface area is 103 Å². The van der Waals surface area contributed by atoms with Crippen molar-refractivity contribution in [3.63, 3.8) is 0 Å². The molecule has 1 fully saturated rings. The summed E-state index contributed by atoms with van der Waals surface area (Å²) in [5, 5.41) is 7.44. The monoisotopic (exact) mass is 237 g/mol. The zero-order chi connectivity index (χ0) is 12.3. The summed E-state index contributed by atoms with van der Waals surface area (Å²) < 4.78 is 5.20. The van der Waals surface area contributed by atoms with Crippen LogP contribution in [0.2, 0.25) is 0 Å². The summed E-state index contributed by atoms with van der Waals surface area (Å²) >= 11 is 0. The van der Waals surface area contributed by atoms with Crippen molar-refractivity contribution in [1.82, 2.24) is 15.4 Å². The van der Waals surface area contributed by atoms with E-state index in [1.807, 2.05) is 13.0 Å². The third-order valence-electron chi connectivity index (χ3n) is 3.64. The first-order valence-corrected chi connectivity index (χ1v) is 6.49. The van der Waals surface area contributed by atoms with E-state index in [9.17, 15) is 0 Å². The van der Waals surface area contributed by atoms with Crippen molar-refractivity contribution in [3.8, 4) is 0 Å². The molecule has 0 aromatic carbocycles. The van der Waals surface area contributed by atoms with Crippen LogP contribution in [0.4, 0.5) is 0 Å². The van der Waals surface area contributed by atoms with Gasteiger partial charge in [0.2, 0.25) is 0 Å². The van der Waals surface area contributed by atoms with E-state index in [4.69, 9.17) is 4.52 Å². The maximum absolute atomic E-state index is 5.20. The SMILES string of the molecule is Cc1cc(CNC(C)C2CCCN(C)C2)on1. The van der Waals surface area contributed by atoms with Crippen molar-refractivity contribution >= 4 is 0 Å². The second kappa shape index (κ2) is 5.65. The molecule has 2 unspecified atom stereocenters. The van der Waals surface area contributed by atoms with E-state index in [1.54, 1.807) is 0 Å². The fraction of sp³-hybridized carbons (Fsp3) is 0.769. The van der Waals surface area contributed by atoms with Gasteiger partial charge in [0.1, 0.15) is 0 Å². The van der Waals surface area contributed by atoms with Crippen molar-refractivity contribution in [2.24, 2.45) is 5.92 Å². The summed E-state index contributed by atoms with van der Waals surface area (Å²) in [6.45, 7) is 7.44. The van der Waals surface area contributed by atoms with Crippen molar-refractivity contribution in [2.45, 2.75) is 39.3 Å². The minimum atomic E-state index is 0.531. The number of piperidine rings is 1. The van der Waals surface area contributed by atoms with Crippen molar-refractivity contribution in [1.29, 1.82) is 0 Å². The van der Waals surface area contributed by atoms with Gasteiger partial charge < -0.3 is 14.7 Å². The Balaban J connectivity index is 1.78. The number of aryl methyl sites for hydroxylation is 1. The van der Waals surface area contributed by atoms with E-state index in [0.29, 0.717) is 6.04 Å². The molecule has 1 aliphatic rings. The maximum atomic E-state index is 5.20. The van der Waals surface area contributed by atoms with Gasteiger partial charge in [-0.05, 0) is 46.2 Å². The highest BCUT2D eigenvalue weighted by Gasteiger charge is 2.22. The van der Waals surface area contributed by atoms with E-state index in [1.165, 1.54) is 25.9 Å². The van der Waals surface area contributed by atoms with Gasteiger partial charge >= 0.3 is 0 Å². The van der Waals surface area contributed by atoms with Gasteiger partial charge in [0.25, 0.3) is 0 Å². The van der Waals surface area contributed by atoms with Crippen LogP contribution >= 0.6 is 0 Å². The van der Waals surface area contributed by atoms with Crippen LogP contribution in [0.1, 0.15) is 31.2 Å². The Kier molecular flexibility index (Phi) is 4.18. The number of rotatable bonds is 4. The van der Waals surface area contributed by atoms with Crippen LogP contribution in [0.15, 0.2) is 10.6 Å². The third kappa shape index (κ3) is 3.54. The van der Waals surface area contributed by atoms with Crippen LogP contribution in [-0.2, 0) is 6.54 Å². The molecule has 4 nitrogen and oxygen atoms in total. The average Bonchev–Trinajstić information content (AvgIpc) is 2.72. The van der Waals surface area contributed by atoms with Crippen molar-refractivity contribution in [2.75, 3.05) is 20.1 Å². The lowest BCUT2D eigenvalue weighted by atomic mass is 9.92. The molecule has 4 heteroatoms. The number of aromatic nitrogens is 1. The summed E-state index contributed by atoms with van der Waals surface area (Å²) in [6, 6.07) is 2.52. The highest BCUT2D eigenvalue weighted by molar-refractivity contribution is 5.02. The van der Waals surface area contributed by atoms with Crippen LogP contribution < -0.4 is 5.32 Å². The summed E-state index contributed by atoms with van der Waals surface area (Å²) in [5.74, 6) is 1.68. The molecule has 2 heterocycles. The topological polar surface area (TPSA) is 41.3 Å². The van der Waals surface area contributed by atoms with E-state index in [0.717, 1.165) is 23.9 Å². The summed E-state index contributed by atoms with van der Waals surface area (Å²) in [7, 11) is 2.21. The molecule has 0 spiro atoms. The summed E-state index contributed by atoms with van der Waals surface area (Å²) in [5.41, 5.74) is 0.951. The number of hydrogen-bond acceptors (Lipinski definition) is 4. The van der Waals surface area contributed by atoms with Crippen LogP contribution in [0, 0.1) is 12.8 Å². The predicted octanol–water partition coefficient (Wildman–Crippen LogP) is 1.80. The first-order valence-electron chi connectivity index (χ1n) is 6.49. The predicted molar refractivity (Wildman–Crippen MR) is 67.8 cm³/mol. The van der Waals surface area contributed by atoms with Crippen molar-refractivity contribution < 1.29 is 4.52 Å². The Morgan fingerprint density at radius 3 is 3.12 bits per heavy atom. The molecule has 2 atom stereocenters. The van der Waals surface area contributed by atoms with E-state index in [2.05, 4.69) is 29.3 Å². The normalized spacial score (nSPS) is 23.8. The molecule has 1 N–H and O–H groups in total. The molecule has 1 aliphatic heterocycles. The first kappa shape index (κ1) is 12.6. The molecule has 0 bridgehead atoms. The molecule has 1 aromatic heterocycles. The maximum Gasteiger partial charge on any atom is 0.150 e. The largest absolute Gasteiger partial charge is 0.360 e. The molecule has 1 saturated heterocycles. The average molecular weight is 237 g/mol. The molecular formula is C13H23N3O. The number of hydrogen-bond donors (Lipinski definition) is 1. The van der Waals surface area contributed by atoms with E-state index < -0.39 is 0 Å². The molecule has 0 aliphatic carbocycles. The quantitative estimate of drug-likeness (QED) is 0.867. The van der Waals surface area contributed by atoms with Gasteiger partial charge in [-0.3, -0.25) is 0 Å². The molecular weight excluding hydrogens is 214 g/mol. The highest BCUT2D eigenvalue weighted by atomic mass is 16.5. The molecule has 96 valence electrons. The van der Waals surface area contributed by atoms with Gasteiger partial charge in [-0.2, -0.15) is 0 Å². The zero-order valence-corrected chi connectivity index (χ0v) is 11.1. The van der Waals surface area contributed by atoms with Gasteiger partial charge in [-0.25, -0.2) is 0 Å². The Hall–Kier alpha value is -0.870. The van der Waals surface area contributed by atoms with Gasteiger partial charge in [0.15, 0.2) is 5.76 Å². The van der Waals surface area contributed by atoms with Gasteiger partial charge in [0, 0.05) is 18.7 Å². The number of nitrogens with zero attached hydrogens (tertiary/aromatic N) is 2. The Morgan fingerprint density at radius 2 is 2.47 bits per heavy atom. The lowest BCUT2D eigenvalue weighted by Crippen LogP contribution is -2.42. The molecule has 0 radical (unpaired) electrons. The van der Waals surface area contributed by atoms with Crippen LogP contribution in [0.3, 0.4) is 0 Å². The molecule has 0 amide bonds. The van der Waals surface area contributed by atoms with Crippen LogP contribution in [0.5, 0.6) is 0 Å². The van der Waals surface area contributed by atoms with Gasteiger partial charge in [-0.1, -0.05) is 5.16 Å². The molecule has 1 aromatic rings. The lowest BCUT2D eigenvalue weighted by molar-refractivity contribution is 0.176. The summed E-state index contributed by atoms with van der Waals surface area (Å²) in [6.07, 6.45) is 2.64. The van der Waals surface area contributed by atoms with Crippen molar-refractivity contribution in [3.05, 3.63) is 17.5 Å². The van der Waals surface area contributed by atoms with Gasteiger partial charge in [0.05, 0.1) is 12.2 Å². The lowest BCUT2D eigenvalue weighted by Gasteiger charge is -2.33. The van der Waals surface area contributed by atoms with Crippen LogP contribution in [0.25, 0.3) is 0 Å². The number of likely N-dealkylation sites (tertiary alicyclic amines) is 1. The van der Waals surface area contributed by atoms with Crippen LogP contribution in [-0.4, -0.2) is 36.2 Å². The minimum absolute atomic E-state index is 0.531. The standard InChI is InChI=1S/C13H23N3O/c1-10-7-13(17-15-10)8-14-11(2)12-5-4-6-16(3)9-12/h7,11-12,14H,4-6,8-9H2,1-3H3. The zero-order valence-electron chi connectivity index (χ0n) is 11.1. The van der Waals surface area contributed by atoms with Gasteiger partial charge in [-0.15, -0.1) is 0 Å². The summed E-state index contributed by atoms with van der Waals surface area (Å²) in [4.78, 5) is 2.42. The smallest absolute Gasteiger partial charge is 0.150 e. The fourth-order valence-electron chi connectivity index (χ4n) is 2.54.